The lowest BCUT2D eigenvalue weighted by molar-refractivity contribution is -0.140. The third-order valence-corrected chi connectivity index (χ3v) is 2.98. The fourth-order valence-corrected chi connectivity index (χ4v) is 2.00. The van der Waals surface area contributed by atoms with E-state index in [0.717, 1.165) is 0 Å². The molecule has 1 aromatic carbocycles. The second-order valence-electron chi connectivity index (χ2n) is 3.98. The van der Waals surface area contributed by atoms with Crippen LogP contribution in [0.4, 0.5) is 0 Å². The molecule has 5 nitrogen and oxygen atoms in total. The van der Waals surface area contributed by atoms with Crippen LogP contribution in [0, 0.1) is 0 Å². The molecule has 0 radical (unpaired) electrons. The maximum Gasteiger partial charge on any atom is 0.305 e. The van der Waals surface area contributed by atoms with Gasteiger partial charge in [-0.15, -0.1) is 0 Å². The SMILES string of the molecule is COC(=O)CCC(=O)c1cc(Cl)c2c(c1)OCCO2. The predicted octanol–water partition coefficient (Wildman–Crippen LogP) is 2.25. The molecule has 0 amide bonds. The zero-order valence-corrected chi connectivity index (χ0v) is 11.2. The number of hydrogen-bond acceptors (Lipinski definition) is 5. The Labute approximate surface area is 115 Å². The van der Waals surface area contributed by atoms with Crippen LogP contribution in [-0.2, 0) is 9.53 Å². The average molecular weight is 285 g/mol. The Morgan fingerprint density at radius 1 is 1.26 bits per heavy atom. The van der Waals surface area contributed by atoms with Crippen molar-refractivity contribution in [3.63, 3.8) is 0 Å². The summed E-state index contributed by atoms with van der Waals surface area (Å²) in [4.78, 5) is 22.9. The Hall–Kier alpha value is -1.75. The Morgan fingerprint density at radius 2 is 2.00 bits per heavy atom. The summed E-state index contributed by atoms with van der Waals surface area (Å²) in [5.41, 5.74) is 0.401. The summed E-state index contributed by atoms with van der Waals surface area (Å²) in [6.07, 6.45) is 0.115. The third kappa shape index (κ3) is 3.17. The second kappa shape index (κ2) is 5.93. The molecule has 1 aliphatic rings. The highest BCUT2D eigenvalue weighted by Crippen LogP contribution is 2.38. The minimum absolute atomic E-state index is 0.0430. The second-order valence-corrected chi connectivity index (χ2v) is 4.39. The quantitative estimate of drug-likeness (QED) is 0.627. The zero-order valence-electron chi connectivity index (χ0n) is 10.4. The highest BCUT2D eigenvalue weighted by atomic mass is 35.5. The van der Waals surface area contributed by atoms with E-state index in [9.17, 15) is 9.59 Å². The van der Waals surface area contributed by atoms with Gasteiger partial charge >= 0.3 is 5.97 Å². The van der Waals surface area contributed by atoms with Gasteiger partial charge < -0.3 is 14.2 Å². The molecule has 2 rings (SSSR count). The first kappa shape index (κ1) is 13.7. The molecule has 1 aromatic rings. The number of benzene rings is 1. The molecule has 0 bridgehead atoms. The number of carbonyl (C=O) groups is 2. The maximum atomic E-state index is 11.9. The molecular formula is C13H13ClO5. The Morgan fingerprint density at radius 3 is 2.74 bits per heavy atom. The van der Waals surface area contributed by atoms with Gasteiger partial charge in [-0.1, -0.05) is 11.6 Å². The van der Waals surface area contributed by atoms with E-state index in [1.165, 1.54) is 13.2 Å². The smallest absolute Gasteiger partial charge is 0.305 e. The molecule has 19 heavy (non-hydrogen) atoms. The number of hydrogen-bond donors (Lipinski definition) is 0. The minimum Gasteiger partial charge on any atom is -0.486 e. The fraction of sp³-hybridized carbons (Fsp3) is 0.385. The van der Waals surface area contributed by atoms with Gasteiger partial charge in [0.2, 0.25) is 0 Å². The van der Waals surface area contributed by atoms with Crippen LogP contribution in [0.5, 0.6) is 11.5 Å². The first-order chi connectivity index (χ1) is 9.11. The third-order valence-electron chi connectivity index (χ3n) is 2.70. The van der Waals surface area contributed by atoms with Crippen LogP contribution >= 0.6 is 11.6 Å². The van der Waals surface area contributed by atoms with E-state index >= 15 is 0 Å². The Balaban J connectivity index is 2.14. The standard InChI is InChI=1S/C13H13ClO5/c1-17-12(16)3-2-10(15)8-6-9(14)13-11(7-8)18-4-5-19-13/h6-7H,2-5H2,1H3. The predicted molar refractivity (Wildman–Crippen MR) is 68.0 cm³/mol. The Kier molecular flexibility index (Phi) is 4.27. The van der Waals surface area contributed by atoms with Crippen molar-refractivity contribution >= 4 is 23.4 Å². The van der Waals surface area contributed by atoms with Gasteiger partial charge in [0, 0.05) is 12.0 Å². The van der Waals surface area contributed by atoms with E-state index in [1.54, 1.807) is 6.07 Å². The molecule has 0 atom stereocenters. The number of fused-ring (bicyclic) bond motifs is 1. The van der Waals surface area contributed by atoms with Crippen molar-refractivity contribution in [2.75, 3.05) is 20.3 Å². The number of Topliss-reactive ketones (excluding diaryl/α,β-unsaturated/α-hetero) is 1. The number of halogens is 1. The van der Waals surface area contributed by atoms with Crippen molar-refractivity contribution in [1.82, 2.24) is 0 Å². The van der Waals surface area contributed by atoms with Crippen LogP contribution < -0.4 is 9.47 Å². The topological polar surface area (TPSA) is 61.8 Å². The molecule has 6 heteroatoms. The molecule has 1 heterocycles. The van der Waals surface area contributed by atoms with Crippen molar-refractivity contribution in [3.8, 4) is 11.5 Å². The number of ether oxygens (including phenoxy) is 3. The van der Waals surface area contributed by atoms with E-state index in [-0.39, 0.29) is 18.6 Å². The molecule has 0 N–H and O–H groups in total. The van der Waals surface area contributed by atoms with Crippen molar-refractivity contribution in [3.05, 3.63) is 22.7 Å². The molecule has 0 unspecified atom stereocenters. The highest BCUT2D eigenvalue weighted by Gasteiger charge is 2.19. The molecule has 0 spiro atoms. The maximum absolute atomic E-state index is 11.9. The van der Waals surface area contributed by atoms with Crippen molar-refractivity contribution in [2.45, 2.75) is 12.8 Å². The van der Waals surface area contributed by atoms with Crippen molar-refractivity contribution in [1.29, 1.82) is 0 Å². The van der Waals surface area contributed by atoms with E-state index in [4.69, 9.17) is 21.1 Å². The van der Waals surface area contributed by atoms with Crippen LogP contribution in [0.2, 0.25) is 5.02 Å². The monoisotopic (exact) mass is 284 g/mol. The lowest BCUT2D eigenvalue weighted by Gasteiger charge is -2.20. The lowest BCUT2D eigenvalue weighted by Crippen LogP contribution is -2.16. The van der Waals surface area contributed by atoms with Gasteiger partial charge in [0.25, 0.3) is 0 Å². The van der Waals surface area contributed by atoms with E-state index in [1.807, 2.05) is 0 Å². The van der Waals surface area contributed by atoms with E-state index in [0.29, 0.717) is 35.3 Å². The summed E-state index contributed by atoms with van der Waals surface area (Å²) in [5, 5.41) is 0.332. The number of carbonyl (C=O) groups excluding carboxylic acids is 2. The summed E-state index contributed by atoms with van der Waals surface area (Å²) < 4.78 is 15.2. The van der Waals surface area contributed by atoms with Crippen LogP contribution in [0.1, 0.15) is 23.2 Å². The summed E-state index contributed by atoms with van der Waals surface area (Å²) in [5.74, 6) is 0.305. The molecular weight excluding hydrogens is 272 g/mol. The summed E-state index contributed by atoms with van der Waals surface area (Å²) in [6, 6.07) is 3.11. The van der Waals surface area contributed by atoms with Crippen LogP contribution in [-0.4, -0.2) is 32.1 Å². The van der Waals surface area contributed by atoms with Crippen molar-refractivity contribution in [2.24, 2.45) is 0 Å². The molecule has 0 aliphatic carbocycles. The molecule has 0 saturated heterocycles. The first-order valence-electron chi connectivity index (χ1n) is 5.81. The van der Waals surface area contributed by atoms with Crippen LogP contribution in [0.3, 0.4) is 0 Å². The first-order valence-corrected chi connectivity index (χ1v) is 6.18. The van der Waals surface area contributed by atoms with Gasteiger partial charge in [0.05, 0.1) is 18.6 Å². The highest BCUT2D eigenvalue weighted by molar-refractivity contribution is 6.32. The summed E-state index contributed by atoms with van der Waals surface area (Å²) >= 11 is 6.03. The molecule has 1 aliphatic heterocycles. The number of rotatable bonds is 4. The van der Waals surface area contributed by atoms with Crippen molar-refractivity contribution < 1.29 is 23.8 Å². The van der Waals surface area contributed by atoms with E-state index < -0.39 is 5.97 Å². The molecule has 0 fully saturated rings. The van der Waals surface area contributed by atoms with Gasteiger partial charge in [-0.2, -0.15) is 0 Å². The summed E-state index contributed by atoms with van der Waals surface area (Å²) in [7, 11) is 1.29. The van der Waals surface area contributed by atoms with Gasteiger partial charge in [0.15, 0.2) is 17.3 Å². The normalized spacial score (nSPS) is 12.9. The number of esters is 1. The summed E-state index contributed by atoms with van der Waals surface area (Å²) in [6.45, 7) is 0.853. The molecule has 0 saturated carbocycles. The molecule has 102 valence electrons. The van der Waals surface area contributed by atoms with Gasteiger partial charge in [-0.25, -0.2) is 0 Å². The minimum atomic E-state index is -0.419. The van der Waals surface area contributed by atoms with Gasteiger partial charge in [-0.3, -0.25) is 9.59 Å². The van der Waals surface area contributed by atoms with Gasteiger partial charge in [0.1, 0.15) is 13.2 Å². The van der Waals surface area contributed by atoms with Crippen LogP contribution in [0.25, 0.3) is 0 Å². The Bertz CT molecular complexity index is 512. The molecule has 0 aromatic heterocycles. The average Bonchev–Trinajstić information content (AvgIpc) is 2.44. The van der Waals surface area contributed by atoms with Gasteiger partial charge in [-0.05, 0) is 12.1 Å². The number of ketones is 1. The lowest BCUT2D eigenvalue weighted by atomic mass is 10.1. The number of methoxy groups -OCH3 is 1. The largest absolute Gasteiger partial charge is 0.486 e. The van der Waals surface area contributed by atoms with Crippen LogP contribution in [0.15, 0.2) is 12.1 Å². The zero-order chi connectivity index (χ0) is 13.8. The fourth-order valence-electron chi connectivity index (χ4n) is 1.73. The van der Waals surface area contributed by atoms with E-state index in [2.05, 4.69) is 4.74 Å².